The van der Waals surface area contributed by atoms with Gasteiger partial charge in [-0.05, 0) is 24.0 Å². The number of ether oxygens (including phenoxy) is 1. The Balaban J connectivity index is 1.99. The predicted octanol–water partition coefficient (Wildman–Crippen LogP) is 3.02. The lowest BCUT2D eigenvalue weighted by atomic mass is 10.1. The first-order chi connectivity index (χ1) is 6.20. The molecule has 1 saturated heterocycles. The second-order valence-electron chi connectivity index (χ2n) is 4.07. The van der Waals surface area contributed by atoms with Crippen molar-refractivity contribution in [1.82, 2.24) is 0 Å². The van der Waals surface area contributed by atoms with Gasteiger partial charge in [0.2, 0.25) is 0 Å². The number of halogens is 1. The summed E-state index contributed by atoms with van der Waals surface area (Å²) in [5, 5.41) is 0.382. The van der Waals surface area contributed by atoms with E-state index >= 15 is 0 Å². The first-order valence-electron chi connectivity index (χ1n) is 4.99. The van der Waals surface area contributed by atoms with Crippen LogP contribution < -0.4 is 0 Å². The Kier molecular flexibility index (Phi) is 5.52. The van der Waals surface area contributed by atoms with E-state index in [9.17, 15) is 0 Å². The minimum Gasteiger partial charge on any atom is -0.381 e. The minimum absolute atomic E-state index is 0.382. The molecule has 3 heteroatoms. The van der Waals surface area contributed by atoms with Crippen LogP contribution in [0.5, 0.6) is 0 Å². The summed E-state index contributed by atoms with van der Waals surface area (Å²) in [5.41, 5.74) is 0. The number of rotatable bonds is 5. The zero-order valence-electron chi connectivity index (χ0n) is 8.46. The van der Waals surface area contributed by atoms with Gasteiger partial charge in [0, 0.05) is 24.3 Å². The van der Waals surface area contributed by atoms with Crippen molar-refractivity contribution in [3.63, 3.8) is 0 Å². The maximum Gasteiger partial charge on any atom is 0.0488 e. The molecule has 1 rings (SSSR count). The molecule has 0 aromatic heterocycles. The second-order valence-corrected chi connectivity index (χ2v) is 5.71. The molecule has 1 aliphatic heterocycles. The van der Waals surface area contributed by atoms with Crippen LogP contribution in [0.4, 0.5) is 0 Å². The number of hydrogen-bond donors (Lipinski definition) is 0. The van der Waals surface area contributed by atoms with Gasteiger partial charge in [-0.3, -0.25) is 0 Å². The van der Waals surface area contributed by atoms with Gasteiger partial charge in [-0.15, -0.1) is 11.6 Å². The quantitative estimate of drug-likeness (QED) is 0.523. The molecule has 1 nitrogen and oxygen atoms in total. The number of alkyl halides is 1. The van der Waals surface area contributed by atoms with E-state index < -0.39 is 0 Å². The monoisotopic (exact) mass is 222 g/mol. The Labute approximate surface area is 90.6 Å². The van der Waals surface area contributed by atoms with Crippen LogP contribution in [0.1, 0.15) is 20.3 Å². The van der Waals surface area contributed by atoms with E-state index in [1.807, 2.05) is 11.8 Å². The van der Waals surface area contributed by atoms with E-state index in [1.54, 1.807) is 0 Å². The molecule has 0 aromatic rings. The Hall–Kier alpha value is 0.600. The van der Waals surface area contributed by atoms with Crippen LogP contribution in [0.2, 0.25) is 0 Å². The molecule has 0 aromatic carbocycles. The van der Waals surface area contributed by atoms with Crippen molar-refractivity contribution < 1.29 is 4.74 Å². The van der Waals surface area contributed by atoms with Crippen molar-refractivity contribution in [1.29, 1.82) is 0 Å². The Morgan fingerprint density at radius 2 is 2.23 bits per heavy atom. The van der Waals surface area contributed by atoms with Gasteiger partial charge in [0.25, 0.3) is 0 Å². The van der Waals surface area contributed by atoms with Crippen molar-refractivity contribution in [3.05, 3.63) is 0 Å². The number of hydrogen-bond acceptors (Lipinski definition) is 2. The van der Waals surface area contributed by atoms with Gasteiger partial charge in [-0.2, -0.15) is 11.8 Å². The smallest absolute Gasteiger partial charge is 0.0488 e. The van der Waals surface area contributed by atoms with Crippen molar-refractivity contribution in [2.75, 3.05) is 24.7 Å². The minimum atomic E-state index is 0.382. The van der Waals surface area contributed by atoms with Gasteiger partial charge in [-0.25, -0.2) is 0 Å². The van der Waals surface area contributed by atoms with Gasteiger partial charge in [0.05, 0.1) is 0 Å². The third-order valence-corrected chi connectivity index (χ3v) is 4.16. The molecule has 2 unspecified atom stereocenters. The SMILES string of the molecule is CC(C)COCCC1CSCC1Cl. The second kappa shape index (κ2) is 6.15. The molecule has 1 heterocycles. The van der Waals surface area contributed by atoms with Gasteiger partial charge in [0.15, 0.2) is 0 Å². The number of thioether (sulfide) groups is 1. The summed E-state index contributed by atoms with van der Waals surface area (Å²) in [6.45, 7) is 6.12. The molecule has 78 valence electrons. The van der Waals surface area contributed by atoms with E-state index in [2.05, 4.69) is 13.8 Å². The van der Waals surface area contributed by atoms with Crippen LogP contribution in [0.15, 0.2) is 0 Å². The molecule has 2 atom stereocenters. The molecule has 0 N–H and O–H groups in total. The maximum atomic E-state index is 6.14. The Morgan fingerprint density at radius 1 is 1.46 bits per heavy atom. The molecular weight excluding hydrogens is 204 g/mol. The Morgan fingerprint density at radius 3 is 2.77 bits per heavy atom. The van der Waals surface area contributed by atoms with Crippen LogP contribution in [-0.2, 0) is 4.74 Å². The zero-order chi connectivity index (χ0) is 9.68. The van der Waals surface area contributed by atoms with E-state index in [0.29, 0.717) is 17.2 Å². The first kappa shape index (κ1) is 11.7. The van der Waals surface area contributed by atoms with Gasteiger partial charge in [-0.1, -0.05) is 13.8 Å². The maximum absolute atomic E-state index is 6.14. The Bertz CT molecular complexity index is 141. The summed E-state index contributed by atoms with van der Waals surface area (Å²) in [6.07, 6.45) is 1.13. The van der Waals surface area contributed by atoms with Gasteiger partial charge < -0.3 is 4.74 Å². The summed E-state index contributed by atoms with van der Waals surface area (Å²) in [4.78, 5) is 0. The van der Waals surface area contributed by atoms with Crippen molar-refractivity contribution in [3.8, 4) is 0 Å². The summed E-state index contributed by atoms with van der Waals surface area (Å²) >= 11 is 8.11. The topological polar surface area (TPSA) is 9.23 Å². The fourth-order valence-electron chi connectivity index (χ4n) is 1.39. The van der Waals surface area contributed by atoms with Crippen LogP contribution in [0.3, 0.4) is 0 Å². The molecule has 0 saturated carbocycles. The lowest BCUT2D eigenvalue weighted by Gasteiger charge is -2.13. The summed E-state index contributed by atoms with van der Waals surface area (Å²) < 4.78 is 5.54. The first-order valence-corrected chi connectivity index (χ1v) is 6.59. The molecule has 0 aliphatic carbocycles. The van der Waals surface area contributed by atoms with Gasteiger partial charge >= 0.3 is 0 Å². The highest BCUT2D eigenvalue weighted by Gasteiger charge is 2.25. The summed E-state index contributed by atoms with van der Waals surface area (Å²) in [7, 11) is 0. The summed E-state index contributed by atoms with van der Waals surface area (Å²) in [6, 6.07) is 0. The lowest BCUT2D eigenvalue weighted by Crippen LogP contribution is -2.15. The highest BCUT2D eigenvalue weighted by atomic mass is 35.5. The molecule has 0 radical (unpaired) electrons. The standard InChI is InChI=1S/C10H19ClOS/c1-8(2)5-12-4-3-9-6-13-7-10(9)11/h8-10H,3-7H2,1-2H3. The third kappa shape index (κ3) is 4.57. The van der Waals surface area contributed by atoms with E-state index in [-0.39, 0.29) is 0 Å². The normalized spacial score (nSPS) is 28.6. The predicted molar refractivity (Wildman–Crippen MR) is 60.7 cm³/mol. The van der Waals surface area contributed by atoms with E-state index in [1.165, 1.54) is 5.75 Å². The lowest BCUT2D eigenvalue weighted by molar-refractivity contribution is 0.100. The average molecular weight is 223 g/mol. The van der Waals surface area contributed by atoms with E-state index in [4.69, 9.17) is 16.3 Å². The molecule has 13 heavy (non-hydrogen) atoms. The van der Waals surface area contributed by atoms with Crippen molar-refractivity contribution in [2.45, 2.75) is 25.6 Å². The van der Waals surface area contributed by atoms with Crippen molar-refractivity contribution >= 4 is 23.4 Å². The van der Waals surface area contributed by atoms with Crippen LogP contribution >= 0.6 is 23.4 Å². The molecule has 1 fully saturated rings. The van der Waals surface area contributed by atoms with Crippen LogP contribution in [0, 0.1) is 11.8 Å². The van der Waals surface area contributed by atoms with Crippen LogP contribution in [0.25, 0.3) is 0 Å². The van der Waals surface area contributed by atoms with Crippen molar-refractivity contribution in [2.24, 2.45) is 11.8 Å². The molecule has 0 amide bonds. The zero-order valence-corrected chi connectivity index (χ0v) is 10.0. The van der Waals surface area contributed by atoms with Crippen LogP contribution in [-0.4, -0.2) is 30.1 Å². The largest absolute Gasteiger partial charge is 0.381 e. The third-order valence-electron chi connectivity index (χ3n) is 2.20. The molecule has 1 aliphatic rings. The highest BCUT2D eigenvalue weighted by Crippen LogP contribution is 2.30. The summed E-state index contributed by atoms with van der Waals surface area (Å²) in [5.74, 6) is 3.67. The molecule has 0 spiro atoms. The average Bonchev–Trinajstić information content (AvgIpc) is 2.45. The van der Waals surface area contributed by atoms with E-state index in [0.717, 1.165) is 25.4 Å². The van der Waals surface area contributed by atoms with Gasteiger partial charge in [0.1, 0.15) is 0 Å². The highest BCUT2D eigenvalue weighted by molar-refractivity contribution is 7.99. The fourth-order valence-corrected chi connectivity index (χ4v) is 3.31. The fraction of sp³-hybridized carbons (Fsp3) is 1.00. The molecule has 0 bridgehead atoms. The molecular formula is C10H19ClOS.